The van der Waals surface area contributed by atoms with Gasteiger partial charge in [0.25, 0.3) is 0 Å². The number of hydrogen-bond donors (Lipinski definition) is 0. The SMILES string of the molecule is CCC(C)C1COC(=O)N1C1CCN(C(=O)C=Cc2ccc(F)c(F)c2F)CC1. The highest BCUT2D eigenvalue weighted by Gasteiger charge is 2.41. The molecule has 5 nitrogen and oxygen atoms in total. The minimum atomic E-state index is -1.56. The summed E-state index contributed by atoms with van der Waals surface area (Å²) in [7, 11) is 0. The molecule has 2 atom stereocenters. The summed E-state index contributed by atoms with van der Waals surface area (Å²) in [5.41, 5.74) is -0.191. The summed E-state index contributed by atoms with van der Waals surface area (Å²) in [6.45, 7) is 5.47. The molecule has 158 valence electrons. The van der Waals surface area contributed by atoms with Crippen LogP contribution in [0.3, 0.4) is 0 Å². The van der Waals surface area contributed by atoms with Crippen LogP contribution in [0.25, 0.3) is 6.08 Å². The smallest absolute Gasteiger partial charge is 0.410 e. The third-order valence-corrected chi connectivity index (χ3v) is 5.89. The fraction of sp³-hybridized carbons (Fsp3) is 0.524. The topological polar surface area (TPSA) is 49.9 Å². The normalized spacial score (nSPS) is 21.7. The van der Waals surface area contributed by atoms with Crippen molar-refractivity contribution in [2.75, 3.05) is 19.7 Å². The third-order valence-electron chi connectivity index (χ3n) is 5.89. The number of likely N-dealkylation sites (tertiary alicyclic amines) is 1. The molecular weight excluding hydrogens is 385 g/mol. The van der Waals surface area contributed by atoms with Crippen molar-refractivity contribution in [1.82, 2.24) is 9.80 Å². The molecule has 2 aliphatic heterocycles. The van der Waals surface area contributed by atoms with Gasteiger partial charge in [0, 0.05) is 30.8 Å². The van der Waals surface area contributed by atoms with Crippen molar-refractivity contribution in [3.8, 4) is 0 Å². The van der Waals surface area contributed by atoms with Crippen molar-refractivity contribution in [2.24, 2.45) is 5.92 Å². The van der Waals surface area contributed by atoms with Gasteiger partial charge in [0.2, 0.25) is 5.91 Å². The Morgan fingerprint density at radius 3 is 2.59 bits per heavy atom. The number of hydrogen-bond acceptors (Lipinski definition) is 3. The van der Waals surface area contributed by atoms with Crippen molar-refractivity contribution in [3.05, 3.63) is 41.2 Å². The van der Waals surface area contributed by atoms with Crippen LogP contribution in [0.15, 0.2) is 18.2 Å². The number of cyclic esters (lactones) is 1. The van der Waals surface area contributed by atoms with E-state index in [4.69, 9.17) is 4.74 Å². The number of ether oxygens (including phenoxy) is 1. The molecular formula is C21H25F3N2O3. The minimum absolute atomic E-state index is 0.0145. The van der Waals surface area contributed by atoms with Gasteiger partial charge in [-0.1, -0.05) is 20.3 Å². The Kier molecular flexibility index (Phi) is 6.49. The molecule has 0 aromatic heterocycles. The van der Waals surface area contributed by atoms with Gasteiger partial charge in [-0.25, -0.2) is 18.0 Å². The third kappa shape index (κ3) is 4.41. The van der Waals surface area contributed by atoms with E-state index in [0.29, 0.717) is 38.5 Å². The maximum atomic E-state index is 13.7. The zero-order chi connectivity index (χ0) is 21.1. The lowest BCUT2D eigenvalue weighted by atomic mass is 9.95. The van der Waals surface area contributed by atoms with E-state index >= 15 is 0 Å². The van der Waals surface area contributed by atoms with E-state index in [9.17, 15) is 22.8 Å². The van der Waals surface area contributed by atoms with Crippen molar-refractivity contribution < 1.29 is 27.5 Å². The molecule has 0 bridgehead atoms. The molecule has 0 N–H and O–H groups in total. The average molecular weight is 410 g/mol. The summed E-state index contributed by atoms with van der Waals surface area (Å²) in [5, 5.41) is 0. The monoisotopic (exact) mass is 410 g/mol. The molecule has 0 saturated carbocycles. The van der Waals surface area contributed by atoms with Gasteiger partial charge < -0.3 is 9.64 Å². The summed E-state index contributed by atoms with van der Waals surface area (Å²) in [5.74, 6) is -4.17. The molecule has 3 rings (SSSR count). The predicted octanol–water partition coefficient (Wildman–Crippen LogP) is 3.98. The van der Waals surface area contributed by atoms with Gasteiger partial charge in [-0.15, -0.1) is 0 Å². The number of nitrogens with zero attached hydrogens (tertiary/aromatic N) is 2. The number of piperidine rings is 1. The summed E-state index contributed by atoms with van der Waals surface area (Å²) in [6, 6.07) is 1.96. The molecule has 2 unspecified atom stereocenters. The van der Waals surface area contributed by atoms with Crippen LogP contribution in [-0.2, 0) is 9.53 Å². The lowest BCUT2D eigenvalue weighted by Gasteiger charge is -2.38. The Morgan fingerprint density at radius 2 is 1.93 bits per heavy atom. The number of rotatable bonds is 5. The molecule has 2 heterocycles. The van der Waals surface area contributed by atoms with Crippen LogP contribution in [0.2, 0.25) is 0 Å². The second-order valence-electron chi connectivity index (χ2n) is 7.59. The molecule has 8 heteroatoms. The summed E-state index contributed by atoms with van der Waals surface area (Å²) in [6.07, 6.45) is 4.20. The quantitative estimate of drug-likeness (QED) is 0.545. The van der Waals surface area contributed by atoms with Crippen molar-refractivity contribution in [1.29, 1.82) is 0 Å². The van der Waals surface area contributed by atoms with Gasteiger partial charge in [-0.2, -0.15) is 0 Å². The fourth-order valence-corrected chi connectivity index (χ4v) is 3.88. The number of halogens is 3. The average Bonchev–Trinajstić information content (AvgIpc) is 3.12. The van der Waals surface area contributed by atoms with Gasteiger partial charge in [-0.05, 0) is 37.0 Å². The highest BCUT2D eigenvalue weighted by atomic mass is 19.2. The van der Waals surface area contributed by atoms with E-state index in [-0.39, 0.29) is 29.6 Å². The Balaban J connectivity index is 1.60. The van der Waals surface area contributed by atoms with Crippen LogP contribution in [-0.4, -0.2) is 53.6 Å². The first-order valence-electron chi connectivity index (χ1n) is 9.89. The standard InChI is InChI=1S/C21H25F3N2O3/c1-3-13(2)17-12-29-21(28)26(17)15-8-10-25(11-9-15)18(27)7-5-14-4-6-16(22)20(24)19(14)23/h4-7,13,15,17H,3,8-12H2,1-2H3. The van der Waals surface area contributed by atoms with Gasteiger partial charge in [-0.3, -0.25) is 9.69 Å². The number of carbonyl (C=O) groups excluding carboxylic acids is 2. The summed E-state index contributed by atoms with van der Waals surface area (Å²) >= 11 is 0. The second-order valence-corrected chi connectivity index (χ2v) is 7.59. The molecule has 2 fully saturated rings. The molecule has 1 aromatic rings. The highest BCUT2D eigenvalue weighted by Crippen LogP contribution is 2.29. The maximum Gasteiger partial charge on any atom is 0.410 e. The van der Waals surface area contributed by atoms with Crippen LogP contribution in [0.5, 0.6) is 0 Å². The molecule has 0 spiro atoms. The largest absolute Gasteiger partial charge is 0.447 e. The van der Waals surface area contributed by atoms with E-state index in [1.165, 1.54) is 0 Å². The first-order valence-corrected chi connectivity index (χ1v) is 9.89. The Morgan fingerprint density at radius 1 is 1.24 bits per heavy atom. The van der Waals surface area contributed by atoms with Crippen molar-refractivity contribution in [3.63, 3.8) is 0 Å². The Hall–Kier alpha value is -2.51. The Labute approximate surface area is 168 Å². The van der Waals surface area contributed by atoms with Crippen LogP contribution in [0, 0.1) is 23.4 Å². The fourth-order valence-electron chi connectivity index (χ4n) is 3.88. The Bertz CT molecular complexity index is 807. The van der Waals surface area contributed by atoms with E-state index in [1.807, 2.05) is 4.90 Å². The highest BCUT2D eigenvalue weighted by molar-refractivity contribution is 5.91. The lowest BCUT2D eigenvalue weighted by Crippen LogP contribution is -2.51. The van der Waals surface area contributed by atoms with Gasteiger partial charge in [0.1, 0.15) is 6.61 Å². The van der Waals surface area contributed by atoms with Crippen molar-refractivity contribution in [2.45, 2.75) is 45.2 Å². The first kappa shape index (κ1) is 21.2. The van der Waals surface area contributed by atoms with Crippen LogP contribution in [0.4, 0.5) is 18.0 Å². The maximum absolute atomic E-state index is 13.7. The molecule has 2 saturated heterocycles. The zero-order valence-corrected chi connectivity index (χ0v) is 16.5. The first-order chi connectivity index (χ1) is 13.8. The van der Waals surface area contributed by atoms with Gasteiger partial charge in [0.05, 0.1) is 6.04 Å². The summed E-state index contributed by atoms with van der Waals surface area (Å²) < 4.78 is 45.2. The van der Waals surface area contributed by atoms with E-state index < -0.39 is 17.5 Å². The molecule has 1 aromatic carbocycles. The molecule has 2 aliphatic rings. The lowest BCUT2D eigenvalue weighted by molar-refractivity contribution is -0.127. The molecule has 0 aliphatic carbocycles. The van der Waals surface area contributed by atoms with E-state index in [0.717, 1.165) is 30.7 Å². The van der Waals surface area contributed by atoms with E-state index in [1.54, 1.807) is 4.90 Å². The van der Waals surface area contributed by atoms with Crippen LogP contribution in [0.1, 0.15) is 38.7 Å². The van der Waals surface area contributed by atoms with Gasteiger partial charge >= 0.3 is 6.09 Å². The van der Waals surface area contributed by atoms with E-state index in [2.05, 4.69) is 13.8 Å². The second kappa shape index (κ2) is 8.88. The molecule has 2 amide bonds. The van der Waals surface area contributed by atoms with Crippen molar-refractivity contribution >= 4 is 18.1 Å². The minimum Gasteiger partial charge on any atom is -0.447 e. The van der Waals surface area contributed by atoms with Gasteiger partial charge in [0.15, 0.2) is 17.5 Å². The van der Waals surface area contributed by atoms with Crippen LogP contribution >= 0.6 is 0 Å². The summed E-state index contributed by atoms with van der Waals surface area (Å²) in [4.78, 5) is 28.0. The molecule has 29 heavy (non-hydrogen) atoms. The molecule has 0 radical (unpaired) electrons. The number of benzene rings is 1. The number of carbonyl (C=O) groups is 2. The zero-order valence-electron chi connectivity index (χ0n) is 16.5. The van der Waals surface area contributed by atoms with Crippen LogP contribution < -0.4 is 0 Å². The predicted molar refractivity (Wildman–Crippen MR) is 101 cm³/mol. The number of amides is 2.